The smallest absolute Gasteiger partial charge is 0.338 e. The summed E-state index contributed by atoms with van der Waals surface area (Å²) in [5.74, 6) is -1.99. The molecule has 7 heteroatoms. The van der Waals surface area contributed by atoms with Crippen molar-refractivity contribution in [1.29, 1.82) is 0 Å². The monoisotopic (exact) mass is 317 g/mol. The van der Waals surface area contributed by atoms with Crippen LogP contribution in [0.15, 0.2) is 24.4 Å². The highest BCUT2D eigenvalue weighted by Crippen LogP contribution is 2.29. The van der Waals surface area contributed by atoms with E-state index in [-0.39, 0.29) is 11.9 Å². The molecule has 2 aromatic rings. The zero-order valence-corrected chi connectivity index (χ0v) is 12.3. The Morgan fingerprint density at radius 1 is 1.39 bits per heavy atom. The van der Waals surface area contributed by atoms with Gasteiger partial charge in [0, 0.05) is 12.2 Å². The van der Waals surface area contributed by atoms with Gasteiger partial charge in [0.25, 0.3) is 0 Å². The van der Waals surface area contributed by atoms with Crippen LogP contribution in [-0.4, -0.2) is 27.7 Å². The number of nitrogens with zero attached hydrogens (tertiary/aromatic N) is 2. The van der Waals surface area contributed by atoms with Crippen LogP contribution in [0.5, 0.6) is 0 Å². The Bertz CT molecular complexity index is 745. The normalized spacial score (nSPS) is 17.9. The lowest BCUT2D eigenvalue weighted by Crippen LogP contribution is -2.14. The largest absolute Gasteiger partial charge is 0.478 e. The summed E-state index contributed by atoms with van der Waals surface area (Å²) in [6.45, 7) is 0.690. The van der Waals surface area contributed by atoms with E-state index in [1.165, 1.54) is 12.1 Å². The number of halogens is 1. The third-order valence-electron chi connectivity index (χ3n) is 3.80. The van der Waals surface area contributed by atoms with E-state index in [9.17, 15) is 9.18 Å². The lowest BCUT2D eigenvalue weighted by molar-refractivity contribution is 0.0122. The predicted molar refractivity (Wildman–Crippen MR) is 81.3 cm³/mol. The van der Waals surface area contributed by atoms with Gasteiger partial charge in [0.15, 0.2) is 0 Å². The molecule has 120 valence electrons. The molecule has 0 spiro atoms. The van der Waals surface area contributed by atoms with Gasteiger partial charge in [0.05, 0.1) is 17.5 Å². The van der Waals surface area contributed by atoms with Gasteiger partial charge in [-0.2, -0.15) is 0 Å². The molecule has 1 aliphatic rings. The summed E-state index contributed by atoms with van der Waals surface area (Å²) < 4.78 is 19.4. The molecule has 0 saturated carbocycles. The molecule has 6 nitrogen and oxygen atoms in total. The Morgan fingerprint density at radius 3 is 2.83 bits per heavy atom. The fourth-order valence-corrected chi connectivity index (χ4v) is 2.61. The third-order valence-corrected chi connectivity index (χ3v) is 3.80. The summed E-state index contributed by atoms with van der Waals surface area (Å²) in [6, 6.07) is 3.75. The first kappa shape index (κ1) is 15.4. The minimum absolute atomic E-state index is 0.112. The second kappa shape index (κ2) is 6.29. The molecule has 0 aliphatic carbocycles. The molecule has 3 N–H and O–H groups in total. The standard InChI is InChI=1S/C16H16FN3O3/c17-11-7-9(4-5-10(11)16(21)22)14-15(18)20-12(8-19-14)13-3-1-2-6-23-13/h4-5,7-8,13H,1-3,6H2,(H2,18,20)(H,21,22). The number of hydrogen-bond acceptors (Lipinski definition) is 5. The molecule has 1 aromatic heterocycles. The summed E-state index contributed by atoms with van der Waals surface area (Å²) in [5, 5.41) is 8.86. The van der Waals surface area contributed by atoms with Crippen molar-refractivity contribution in [3.63, 3.8) is 0 Å². The predicted octanol–water partition coefficient (Wildman–Crippen LogP) is 2.80. The second-order valence-corrected chi connectivity index (χ2v) is 5.38. The van der Waals surface area contributed by atoms with Crippen molar-refractivity contribution in [2.24, 2.45) is 0 Å². The average molecular weight is 317 g/mol. The molecule has 3 rings (SSSR count). The number of carboxylic acids is 1. The number of nitrogen functional groups attached to an aromatic ring is 1. The Labute approximate surface area is 132 Å². The number of ether oxygens (including phenoxy) is 1. The van der Waals surface area contributed by atoms with Gasteiger partial charge in [0.1, 0.15) is 23.4 Å². The van der Waals surface area contributed by atoms with E-state index in [4.69, 9.17) is 15.6 Å². The Morgan fingerprint density at radius 2 is 2.22 bits per heavy atom. The van der Waals surface area contributed by atoms with E-state index < -0.39 is 17.3 Å². The van der Waals surface area contributed by atoms with Crippen LogP contribution in [-0.2, 0) is 4.74 Å². The number of aromatic nitrogens is 2. The number of carboxylic acid groups (broad SMARTS) is 1. The topological polar surface area (TPSA) is 98.3 Å². The van der Waals surface area contributed by atoms with Gasteiger partial charge >= 0.3 is 5.97 Å². The Balaban J connectivity index is 1.91. The molecular formula is C16H16FN3O3. The molecule has 23 heavy (non-hydrogen) atoms. The highest BCUT2D eigenvalue weighted by atomic mass is 19.1. The van der Waals surface area contributed by atoms with Gasteiger partial charge in [-0.15, -0.1) is 0 Å². The summed E-state index contributed by atoms with van der Waals surface area (Å²) in [5.41, 5.74) is 6.91. The van der Waals surface area contributed by atoms with Gasteiger partial charge in [-0.05, 0) is 31.4 Å². The van der Waals surface area contributed by atoms with Crippen molar-refractivity contribution in [2.45, 2.75) is 25.4 Å². The molecule has 1 aliphatic heterocycles. The van der Waals surface area contributed by atoms with E-state index in [2.05, 4.69) is 9.97 Å². The molecule has 0 bridgehead atoms. The van der Waals surface area contributed by atoms with Crippen LogP contribution >= 0.6 is 0 Å². The molecule has 1 saturated heterocycles. The quantitative estimate of drug-likeness (QED) is 0.903. The van der Waals surface area contributed by atoms with Crippen LogP contribution in [0.4, 0.5) is 10.2 Å². The summed E-state index contributed by atoms with van der Waals surface area (Å²) in [4.78, 5) is 19.4. The second-order valence-electron chi connectivity index (χ2n) is 5.38. The highest BCUT2D eigenvalue weighted by molar-refractivity contribution is 5.88. The van der Waals surface area contributed by atoms with E-state index in [1.54, 1.807) is 6.20 Å². The van der Waals surface area contributed by atoms with Crippen molar-refractivity contribution < 1.29 is 19.0 Å². The number of carbonyl (C=O) groups is 1. The summed E-state index contributed by atoms with van der Waals surface area (Å²) in [6.07, 6.45) is 4.43. The van der Waals surface area contributed by atoms with Gasteiger partial charge in [0.2, 0.25) is 0 Å². The van der Waals surface area contributed by atoms with Crippen LogP contribution < -0.4 is 5.73 Å². The average Bonchev–Trinajstić information content (AvgIpc) is 2.55. The molecule has 2 heterocycles. The number of rotatable bonds is 3. The van der Waals surface area contributed by atoms with E-state index in [0.29, 0.717) is 23.6 Å². The lowest BCUT2D eigenvalue weighted by atomic mass is 10.1. The van der Waals surface area contributed by atoms with Crippen LogP contribution in [0, 0.1) is 5.82 Å². The summed E-state index contributed by atoms with van der Waals surface area (Å²) in [7, 11) is 0. The van der Waals surface area contributed by atoms with Crippen LogP contribution in [0.3, 0.4) is 0 Å². The van der Waals surface area contributed by atoms with Crippen LogP contribution in [0.25, 0.3) is 11.3 Å². The first-order valence-electron chi connectivity index (χ1n) is 7.33. The molecule has 0 amide bonds. The molecule has 1 fully saturated rings. The minimum Gasteiger partial charge on any atom is -0.478 e. The summed E-state index contributed by atoms with van der Waals surface area (Å²) >= 11 is 0. The molecule has 1 atom stereocenters. The van der Waals surface area contributed by atoms with E-state index >= 15 is 0 Å². The lowest BCUT2D eigenvalue weighted by Gasteiger charge is -2.22. The van der Waals surface area contributed by atoms with Crippen molar-refractivity contribution in [3.05, 3.63) is 41.5 Å². The van der Waals surface area contributed by atoms with Gasteiger partial charge < -0.3 is 15.6 Å². The van der Waals surface area contributed by atoms with E-state index in [1.807, 2.05) is 0 Å². The van der Waals surface area contributed by atoms with Crippen molar-refractivity contribution in [2.75, 3.05) is 12.3 Å². The molecule has 1 unspecified atom stereocenters. The first-order chi connectivity index (χ1) is 11.1. The number of aromatic carboxylic acids is 1. The SMILES string of the molecule is Nc1nc(C2CCCCO2)cnc1-c1ccc(C(=O)O)c(F)c1. The van der Waals surface area contributed by atoms with Crippen molar-refractivity contribution in [3.8, 4) is 11.3 Å². The maximum absolute atomic E-state index is 13.8. The van der Waals surface area contributed by atoms with E-state index in [0.717, 1.165) is 25.3 Å². The fourth-order valence-electron chi connectivity index (χ4n) is 2.61. The molecular weight excluding hydrogens is 301 g/mol. The van der Waals surface area contributed by atoms with Crippen molar-refractivity contribution >= 4 is 11.8 Å². The van der Waals surface area contributed by atoms with Crippen molar-refractivity contribution in [1.82, 2.24) is 9.97 Å². The van der Waals surface area contributed by atoms with Gasteiger partial charge in [-0.3, -0.25) is 4.98 Å². The Kier molecular flexibility index (Phi) is 4.20. The number of hydrogen-bond donors (Lipinski definition) is 2. The molecule has 0 radical (unpaired) electrons. The van der Waals surface area contributed by atoms with Gasteiger partial charge in [-0.25, -0.2) is 14.2 Å². The molecule has 1 aromatic carbocycles. The number of benzene rings is 1. The zero-order valence-electron chi connectivity index (χ0n) is 12.3. The van der Waals surface area contributed by atoms with Crippen LogP contribution in [0.1, 0.15) is 41.4 Å². The minimum atomic E-state index is -1.32. The zero-order chi connectivity index (χ0) is 16.4. The maximum Gasteiger partial charge on any atom is 0.338 e. The maximum atomic E-state index is 13.8. The Hall–Kier alpha value is -2.54. The third kappa shape index (κ3) is 3.14. The fraction of sp³-hybridized carbons (Fsp3) is 0.312. The first-order valence-corrected chi connectivity index (χ1v) is 7.33. The van der Waals surface area contributed by atoms with Crippen LogP contribution in [0.2, 0.25) is 0 Å². The van der Waals surface area contributed by atoms with Gasteiger partial charge in [-0.1, -0.05) is 6.07 Å². The number of anilines is 1. The number of nitrogens with two attached hydrogens (primary N) is 1. The highest BCUT2D eigenvalue weighted by Gasteiger charge is 2.20.